The summed E-state index contributed by atoms with van der Waals surface area (Å²) < 4.78 is 11.1. The molecular weight excluding hydrogens is 354 g/mol. The molecule has 0 aliphatic carbocycles. The molecule has 0 bridgehead atoms. The van der Waals surface area contributed by atoms with Gasteiger partial charge in [-0.25, -0.2) is 0 Å². The molecule has 5 heteroatoms. The molecule has 0 aromatic heterocycles. The van der Waals surface area contributed by atoms with Crippen LogP contribution >= 0.6 is 0 Å². The minimum Gasteiger partial charge on any atom is -0.504 e. The Morgan fingerprint density at radius 1 is 1.18 bits per heavy atom. The lowest BCUT2D eigenvalue weighted by atomic mass is 9.95. The lowest BCUT2D eigenvalue weighted by Gasteiger charge is -2.30. The zero-order valence-electron chi connectivity index (χ0n) is 16.5. The van der Waals surface area contributed by atoms with Crippen LogP contribution < -0.4 is 10.1 Å². The van der Waals surface area contributed by atoms with E-state index in [1.807, 2.05) is 18.2 Å². The maximum atomic E-state index is 9.95. The van der Waals surface area contributed by atoms with Crippen molar-refractivity contribution in [1.82, 2.24) is 5.32 Å². The van der Waals surface area contributed by atoms with Crippen LogP contribution in [0.3, 0.4) is 0 Å². The monoisotopic (exact) mass is 385 g/mol. The zero-order valence-corrected chi connectivity index (χ0v) is 16.5. The van der Waals surface area contributed by atoms with Crippen molar-refractivity contribution in [2.45, 2.75) is 56.9 Å². The van der Waals surface area contributed by atoms with Crippen molar-refractivity contribution in [3.63, 3.8) is 0 Å². The number of phenols is 1. The number of aromatic hydroxyl groups is 1. The van der Waals surface area contributed by atoms with Crippen molar-refractivity contribution >= 4 is 0 Å². The fraction of sp³-hybridized carbons (Fsp3) is 0.478. The number of nitrogens with one attached hydrogen (secondary N) is 1. The van der Waals surface area contributed by atoms with E-state index in [-0.39, 0.29) is 24.0 Å². The summed E-state index contributed by atoms with van der Waals surface area (Å²) in [6, 6.07) is 16.2. The highest BCUT2D eigenvalue weighted by atomic mass is 16.5. The molecule has 3 unspecified atom stereocenters. The quantitative estimate of drug-likeness (QED) is 0.617. The van der Waals surface area contributed by atoms with Gasteiger partial charge in [-0.1, -0.05) is 36.4 Å². The smallest absolute Gasteiger partial charge is 0.160 e. The summed E-state index contributed by atoms with van der Waals surface area (Å²) in [6.07, 6.45) is 3.96. The highest BCUT2D eigenvalue weighted by Crippen LogP contribution is 2.27. The standard InChI is InChI=1S/C23H31NO4/c1-27-23-13-17(8-10-22(23)26)7-9-19(14-21-15-20(25)11-12-28-21)24-16-18-5-3-2-4-6-18/h2-6,8,10,13,19-21,24-26H,7,9,11-12,14-16H2,1H3. The Morgan fingerprint density at radius 3 is 2.75 bits per heavy atom. The van der Waals surface area contributed by atoms with E-state index < -0.39 is 0 Å². The van der Waals surface area contributed by atoms with Crippen LogP contribution in [-0.4, -0.2) is 42.2 Å². The average molecular weight is 386 g/mol. The molecule has 3 N–H and O–H groups in total. The first-order valence-electron chi connectivity index (χ1n) is 10.1. The number of methoxy groups -OCH3 is 1. The number of aliphatic hydroxyl groups excluding tert-OH is 1. The third-order valence-electron chi connectivity index (χ3n) is 5.35. The third-order valence-corrected chi connectivity index (χ3v) is 5.35. The fourth-order valence-corrected chi connectivity index (χ4v) is 3.72. The van der Waals surface area contributed by atoms with Gasteiger partial charge in [-0.2, -0.15) is 0 Å². The SMILES string of the molecule is COc1cc(CCC(CC2CC(O)CCO2)NCc2ccccc2)ccc1O. The number of aryl methyl sites for hydroxylation is 1. The Morgan fingerprint density at radius 2 is 2.00 bits per heavy atom. The first-order valence-corrected chi connectivity index (χ1v) is 10.1. The van der Waals surface area contributed by atoms with E-state index in [2.05, 4.69) is 29.6 Å². The molecule has 0 amide bonds. The predicted molar refractivity (Wildman–Crippen MR) is 110 cm³/mol. The van der Waals surface area contributed by atoms with Crippen LogP contribution in [0.5, 0.6) is 11.5 Å². The minimum absolute atomic E-state index is 0.0892. The molecule has 3 rings (SSSR count). The van der Waals surface area contributed by atoms with Crippen molar-refractivity contribution < 1.29 is 19.7 Å². The molecule has 1 saturated heterocycles. The van der Waals surface area contributed by atoms with Crippen molar-refractivity contribution in [1.29, 1.82) is 0 Å². The number of phenolic OH excluding ortho intramolecular Hbond substituents is 1. The molecule has 1 aliphatic heterocycles. The van der Waals surface area contributed by atoms with Crippen LogP contribution in [0, 0.1) is 0 Å². The maximum Gasteiger partial charge on any atom is 0.160 e. The van der Waals surface area contributed by atoms with Gasteiger partial charge in [0, 0.05) is 19.2 Å². The molecule has 0 saturated carbocycles. The van der Waals surface area contributed by atoms with Crippen molar-refractivity contribution in [2.24, 2.45) is 0 Å². The second kappa shape index (κ2) is 10.5. The highest BCUT2D eigenvalue weighted by molar-refractivity contribution is 5.41. The lowest BCUT2D eigenvalue weighted by molar-refractivity contribution is -0.0502. The lowest BCUT2D eigenvalue weighted by Crippen LogP contribution is -2.37. The van der Waals surface area contributed by atoms with Gasteiger partial charge in [0.15, 0.2) is 11.5 Å². The largest absolute Gasteiger partial charge is 0.504 e. The first-order chi connectivity index (χ1) is 13.6. The first kappa shape index (κ1) is 20.6. The molecule has 2 aromatic carbocycles. The second-order valence-corrected chi connectivity index (χ2v) is 7.52. The molecule has 1 heterocycles. The van der Waals surface area contributed by atoms with Crippen LogP contribution in [0.1, 0.15) is 36.8 Å². The van der Waals surface area contributed by atoms with Gasteiger partial charge in [-0.15, -0.1) is 0 Å². The summed E-state index contributed by atoms with van der Waals surface area (Å²) in [7, 11) is 1.56. The maximum absolute atomic E-state index is 9.95. The van der Waals surface area contributed by atoms with E-state index in [1.54, 1.807) is 13.2 Å². The molecule has 3 atom stereocenters. The van der Waals surface area contributed by atoms with E-state index in [9.17, 15) is 10.2 Å². The van der Waals surface area contributed by atoms with Gasteiger partial charge in [0.2, 0.25) is 0 Å². The van der Waals surface area contributed by atoms with Gasteiger partial charge in [-0.05, 0) is 55.4 Å². The van der Waals surface area contributed by atoms with Gasteiger partial charge in [0.25, 0.3) is 0 Å². The molecule has 5 nitrogen and oxygen atoms in total. The molecule has 0 spiro atoms. The van der Waals surface area contributed by atoms with E-state index in [0.29, 0.717) is 18.8 Å². The Balaban J connectivity index is 1.61. The second-order valence-electron chi connectivity index (χ2n) is 7.52. The topological polar surface area (TPSA) is 71.0 Å². The Hall–Kier alpha value is -2.08. The van der Waals surface area contributed by atoms with Crippen LogP contribution in [0.2, 0.25) is 0 Å². The van der Waals surface area contributed by atoms with E-state index in [1.165, 1.54) is 5.56 Å². The molecule has 2 aromatic rings. The Kier molecular flexibility index (Phi) is 7.71. The normalized spacial score (nSPS) is 20.6. The zero-order chi connectivity index (χ0) is 19.8. The van der Waals surface area contributed by atoms with E-state index in [0.717, 1.165) is 37.8 Å². The summed E-state index contributed by atoms with van der Waals surface area (Å²) in [5.74, 6) is 0.666. The van der Waals surface area contributed by atoms with Crippen LogP contribution in [-0.2, 0) is 17.7 Å². The Labute approximate surface area is 167 Å². The summed E-state index contributed by atoms with van der Waals surface area (Å²) in [5.41, 5.74) is 2.38. The van der Waals surface area contributed by atoms with Crippen molar-refractivity contribution in [3.05, 3.63) is 59.7 Å². The number of ether oxygens (including phenoxy) is 2. The number of hydrogen-bond acceptors (Lipinski definition) is 5. The van der Waals surface area contributed by atoms with Crippen LogP contribution in [0.25, 0.3) is 0 Å². The predicted octanol–water partition coefficient (Wildman–Crippen LogP) is 3.42. The van der Waals surface area contributed by atoms with Crippen LogP contribution in [0.4, 0.5) is 0 Å². The average Bonchev–Trinajstić information content (AvgIpc) is 2.72. The molecular formula is C23H31NO4. The minimum atomic E-state index is -0.255. The number of hydrogen-bond donors (Lipinski definition) is 3. The number of benzene rings is 2. The van der Waals surface area contributed by atoms with Gasteiger partial charge in [0.05, 0.1) is 19.3 Å². The summed E-state index contributed by atoms with van der Waals surface area (Å²) in [6.45, 7) is 1.44. The van der Waals surface area contributed by atoms with Crippen LogP contribution in [0.15, 0.2) is 48.5 Å². The Bertz CT molecular complexity index is 722. The summed E-state index contributed by atoms with van der Waals surface area (Å²) in [5, 5.41) is 23.4. The highest BCUT2D eigenvalue weighted by Gasteiger charge is 2.24. The van der Waals surface area contributed by atoms with Crippen molar-refractivity contribution in [2.75, 3.05) is 13.7 Å². The third kappa shape index (κ3) is 6.23. The van der Waals surface area contributed by atoms with Gasteiger partial charge >= 0.3 is 0 Å². The van der Waals surface area contributed by atoms with Gasteiger partial charge < -0.3 is 25.0 Å². The number of aliphatic hydroxyl groups is 1. The molecule has 152 valence electrons. The fourth-order valence-electron chi connectivity index (χ4n) is 3.72. The van der Waals surface area contributed by atoms with Gasteiger partial charge in [-0.3, -0.25) is 0 Å². The van der Waals surface area contributed by atoms with E-state index in [4.69, 9.17) is 9.47 Å². The van der Waals surface area contributed by atoms with Gasteiger partial charge in [0.1, 0.15) is 0 Å². The number of rotatable bonds is 9. The molecule has 1 fully saturated rings. The van der Waals surface area contributed by atoms with E-state index >= 15 is 0 Å². The molecule has 28 heavy (non-hydrogen) atoms. The van der Waals surface area contributed by atoms with Crippen molar-refractivity contribution in [3.8, 4) is 11.5 Å². The molecule has 0 radical (unpaired) electrons. The summed E-state index contributed by atoms with van der Waals surface area (Å²) in [4.78, 5) is 0. The molecule has 1 aliphatic rings. The summed E-state index contributed by atoms with van der Waals surface area (Å²) >= 11 is 0.